The van der Waals surface area contributed by atoms with Crippen LogP contribution in [0.1, 0.15) is 47.4 Å². The number of alkyl halides is 3. The highest BCUT2D eigenvalue weighted by atomic mass is 19.4. The van der Waals surface area contributed by atoms with E-state index in [4.69, 9.17) is 4.84 Å². The summed E-state index contributed by atoms with van der Waals surface area (Å²) in [6.07, 6.45) is 1.75. The number of allylic oxidation sites excluding steroid dienone is 2. The van der Waals surface area contributed by atoms with Crippen LogP contribution in [0.2, 0.25) is 0 Å². The number of hydrogen-bond donors (Lipinski definition) is 3. The van der Waals surface area contributed by atoms with Gasteiger partial charge in [0.05, 0.1) is 29.1 Å². The predicted molar refractivity (Wildman–Crippen MR) is 124 cm³/mol. The first kappa shape index (κ1) is 24.6. The third kappa shape index (κ3) is 5.77. The fourth-order valence-corrected chi connectivity index (χ4v) is 3.81. The molecule has 0 fully saturated rings. The average Bonchev–Trinajstić information content (AvgIpc) is 3.48. The van der Waals surface area contributed by atoms with Gasteiger partial charge in [-0.2, -0.15) is 23.4 Å². The fraction of sp³-hybridized carbons (Fsp3) is 0.391. The van der Waals surface area contributed by atoms with Gasteiger partial charge in [-0.1, -0.05) is 6.08 Å². The summed E-state index contributed by atoms with van der Waals surface area (Å²) in [5, 5.41) is 13.1. The van der Waals surface area contributed by atoms with Gasteiger partial charge in [0.25, 0.3) is 5.91 Å². The average molecular weight is 490 g/mol. The van der Waals surface area contributed by atoms with E-state index in [2.05, 4.69) is 30.9 Å². The molecule has 0 saturated carbocycles. The van der Waals surface area contributed by atoms with Crippen molar-refractivity contribution in [2.75, 3.05) is 27.2 Å². The van der Waals surface area contributed by atoms with Gasteiger partial charge in [-0.3, -0.25) is 19.8 Å². The van der Waals surface area contributed by atoms with Gasteiger partial charge in [0.2, 0.25) is 0 Å². The third-order valence-corrected chi connectivity index (χ3v) is 5.57. The number of likely N-dealkylation sites (N-methyl/N-ethyl adjacent to an activating group) is 1. The van der Waals surface area contributed by atoms with E-state index in [-0.39, 0.29) is 17.0 Å². The number of aromatic amines is 2. The molecule has 1 aliphatic carbocycles. The van der Waals surface area contributed by atoms with Crippen molar-refractivity contribution >= 4 is 28.2 Å². The van der Waals surface area contributed by atoms with Crippen molar-refractivity contribution < 1.29 is 22.8 Å². The molecule has 0 atom stereocenters. The van der Waals surface area contributed by atoms with Crippen molar-refractivity contribution in [2.24, 2.45) is 4.99 Å². The number of benzene rings is 1. The monoisotopic (exact) mass is 489 g/mol. The van der Waals surface area contributed by atoms with Crippen molar-refractivity contribution in [1.82, 2.24) is 30.8 Å². The summed E-state index contributed by atoms with van der Waals surface area (Å²) in [4.78, 5) is 24.3. The Morgan fingerprint density at radius 2 is 2.09 bits per heavy atom. The first-order valence-corrected chi connectivity index (χ1v) is 11.2. The van der Waals surface area contributed by atoms with Gasteiger partial charge in [0.1, 0.15) is 0 Å². The number of carbonyl (C=O) groups excluding carboxylic acids is 1. The van der Waals surface area contributed by atoms with Crippen LogP contribution in [-0.2, 0) is 11.0 Å². The minimum absolute atomic E-state index is 0.0969. The van der Waals surface area contributed by atoms with Crippen molar-refractivity contribution in [3.8, 4) is 0 Å². The Morgan fingerprint density at radius 1 is 1.26 bits per heavy atom. The number of hydrogen-bond acceptors (Lipinski definition) is 6. The van der Waals surface area contributed by atoms with Crippen molar-refractivity contribution in [1.29, 1.82) is 0 Å². The van der Waals surface area contributed by atoms with Crippen molar-refractivity contribution in [3.63, 3.8) is 0 Å². The molecule has 35 heavy (non-hydrogen) atoms. The molecule has 9 nitrogen and oxygen atoms in total. The van der Waals surface area contributed by atoms with E-state index in [1.54, 1.807) is 18.2 Å². The number of fused-ring (bicyclic) bond motifs is 1. The smallest absolute Gasteiger partial charge is 0.307 e. The molecule has 0 saturated heterocycles. The molecule has 0 unspecified atom stereocenters. The molecule has 12 heteroatoms. The van der Waals surface area contributed by atoms with E-state index in [9.17, 15) is 18.0 Å². The summed E-state index contributed by atoms with van der Waals surface area (Å²) in [6, 6.07) is 4.95. The summed E-state index contributed by atoms with van der Waals surface area (Å²) >= 11 is 0. The molecule has 2 heterocycles. The third-order valence-electron chi connectivity index (χ3n) is 5.57. The van der Waals surface area contributed by atoms with Gasteiger partial charge in [-0.05, 0) is 63.6 Å². The van der Waals surface area contributed by atoms with E-state index < -0.39 is 17.8 Å². The number of amides is 1. The molecule has 0 spiro atoms. The fourth-order valence-electron chi connectivity index (χ4n) is 3.81. The van der Waals surface area contributed by atoms with Gasteiger partial charge in [0, 0.05) is 18.1 Å². The lowest BCUT2D eigenvalue weighted by Crippen LogP contribution is -2.28. The molecule has 1 aromatic carbocycles. The molecule has 2 aromatic heterocycles. The Labute approximate surface area is 199 Å². The Hall–Kier alpha value is -3.51. The summed E-state index contributed by atoms with van der Waals surface area (Å²) < 4.78 is 40.8. The standard InChI is InChI=1S/C23H26F3N7O2/c1-33(2)10-11-35-32-22(34)20-16-12-15(8-9-18(16)29-30-20)28-19(14-6-4-3-5-7-14)17-13-27-31-21(17)23(24,25)26/h6,8-9,12-13H,3-5,7,10-11H2,1-2H3,(H,27,31)(H,29,30)(H,32,34)/b28-19+. The summed E-state index contributed by atoms with van der Waals surface area (Å²) in [5.74, 6) is -0.541. The van der Waals surface area contributed by atoms with Crippen LogP contribution in [0.15, 0.2) is 41.0 Å². The largest absolute Gasteiger partial charge is 0.435 e. The van der Waals surface area contributed by atoms with Crippen LogP contribution < -0.4 is 5.48 Å². The van der Waals surface area contributed by atoms with Crippen LogP contribution in [0.25, 0.3) is 10.9 Å². The molecule has 0 radical (unpaired) electrons. The molecule has 0 bridgehead atoms. The molecule has 1 amide bonds. The lowest BCUT2D eigenvalue weighted by Gasteiger charge is -2.16. The second-order valence-electron chi connectivity index (χ2n) is 8.47. The SMILES string of the molecule is CN(C)CCONC(=O)c1n[nH]c2ccc(/N=C(\C3=CCCCC3)c3c[nH]nc3C(F)(F)F)cc12. The number of rotatable bonds is 8. The van der Waals surface area contributed by atoms with Crippen molar-refractivity contribution in [3.05, 3.63) is 53.0 Å². The highest BCUT2D eigenvalue weighted by molar-refractivity contribution is 6.14. The predicted octanol–water partition coefficient (Wildman–Crippen LogP) is 4.15. The molecule has 3 N–H and O–H groups in total. The minimum atomic E-state index is -4.63. The first-order valence-electron chi connectivity index (χ1n) is 11.2. The summed E-state index contributed by atoms with van der Waals surface area (Å²) in [6.45, 7) is 0.911. The number of carbonyl (C=O) groups is 1. The highest BCUT2D eigenvalue weighted by Gasteiger charge is 2.38. The molecule has 0 aliphatic heterocycles. The Bertz CT molecular complexity index is 1260. The first-order chi connectivity index (χ1) is 16.7. The topological polar surface area (TPSA) is 111 Å². The van der Waals surface area contributed by atoms with E-state index in [1.165, 1.54) is 6.20 Å². The van der Waals surface area contributed by atoms with Crippen LogP contribution in [0, 0.1) is 0 Å². The molecule has 186 valence electrons. The lowest BCUT2D eigenvalue weighted by molar-refractivity contribution is -0.141. The quantitative estimate of drug-likeness (QED) is 0.250. The van der Waals surface area contributed by atoms with Crippen LogP contribution in [0.5, 0.6) is 0 Å². The lowest BCUT2D eigenvalue weighted by atomic mass is 9.92. The highest BCUT2D eigenvalue weighted by Crippen LogP contribution is 2.34. The number of H-pyrrole nitrogens is 2. The van der Waals surface area contributed by atoms with Gasteiger partial charge in [0.15, 0.2) is 11.4 Å². The number of halogens is 3. The van der Waals surface area contributed by atoms with E-state index in [0.717, 1.165) is 24.8 Å². The number of nitrogens with one attached hydrogen (secondary N) is 3. The Balaban J connectivity index is 1.69. The van der Waals surface area contributed by atoms with E-state index >= 15 is 0 Å². The Kier molecular flexibility index (Phi) is 7.31. The van der Waals surface area contributed by atoms with Crippen molar-refractivity contribution in [2.45, 2.75) is 31.9 Å². The van der Waals surface area contributed by atoms with Crippen LogP contribution in [-0.4, -0.2) is 64.2 Å². The van der Waals surface area contributed by atoms with Crippen LogP contribution >= 0.6 is 0 Å². The zero-order valence-electron chi connectivity index (χ0n) is 19.4. The maximum absolute atomic E-state index is 13.6. The number of hydroxylamine groups is 1. The molecule has 3 aromatic rings. The van der Waals surface area contributed by atoms with Gasteiger partial charge < -0.3 is 4.90 Å². The van der Waals surface area contributed by atoms with Gasteiger partial charge >= 0.3 is 6.18 Å². The van der Waals surface area contributed by atoms with Gasteiger partial charge in [-0.25, -0.2) is 10.5 Å². The van der Waals surface area contributed by atoms with E-state index in [1.807, 2.05) is 25.1 Å². The normalized spacial score (nSPS) is 15.0. The Morgan fingerprint density at radius 3 is 2.80 bits per heavy atom. The second kappa shape index (κ2) is 10.4. The van der Waals surface area contributed by atoms with Gasteiger partial charge in [-0.15, -0.1) is 0 Å². The minimum Gasteiger partial charge on any atom is -0.307 e. The maximum Gasteiger partial charge on any atom is 0.435 e. The van der Waals surface area contributed by atoms with E-state index in [0.29, 0.717) is 36.2 Å². The number of nitrogens with zero attached hydrogens (tertiary/aromatic N) is 4. The molecule has 1 aliphatic rings. The summed E-state index contributed by atoms with van der Waals surface area (Å²) in [7, 11) is 3.76. The maximum atomic E-state index is 13.6. The van der Waals surface area contributed by atoms with Crippen LogP contribution in [0.4, 0.5) is 18.9 Å². The van der Waals surface area contributed by atoms with Crippen LogP contribution in [0.3, 0.4) is 0 Å². The molecular formula is C23H26F3N7O2. The number of aromatic nitrogens is 4. The zero-order valence-corrected chi connectivity index (χ0v) is 19.4. The number of aliphatic imine (C=N–C) groups is 1. The molecule has 4 rings (SSSR count). The molecular weight excluding hydrogens is 463 g/mol. The zero-order chi connectivity index (χ0) is 25.0. The summed E-state index contributed by atoms with van der Waals surface area (Å²) in [5.41, 5.74) is 3.26. The second-order valence-corrected chi connectivity index (χ2v) is 8.47.